The predicted octanol–water partition coefficient (Wildman–Crippen LogP) is 23.3. The molecule has 0 spiro atoms. The second-order valence-electron chi connectivity index (χ2n) is 25.8. The standard InChI is InChI=1S/C94H66N4O2P2/c99-101(73-37-11-3-12-38-73,74-39-13-4-14-40-74)77-60-58-67(59-61-77)81-63-69-66-84(80-47-20-22-49-86(80)98-93-56-29-25-52-89(93)96(72-35-9-2-10-36-72)90-53-26-30-57-94(90)98)82(68-32-31-45-78(62-68)102(100,75-41-15-5-16-42-75)76-43-17-6-18-44-76)64-70(69)65-83(81)79-46-19-21-48-85(79)97-91-54-27-23-50-87(91)95(71-33-7-1-8-34-71)88-51-24-28-55-92(88)97/h1-66H. The highest BCUT2D eigenvalue weighted by Crippen LogP contribution is 2.59. The maximum atomic E-state index is 16.6. The zero-order valence-electron chi connectivity index (χ0n) is 55.6. The highest BCUT2D eigenvalue weighted by Gasteiger charge is 2.36. The van der Waals surface area contributed by atoms with Gasteiger partial charge in [-0.2, -0.15) is 0 Å². The Balaban J connectivity index is 0.901. The van der Waals surface area contributed by atoms with Crippen LogP contribution in [0.5, 0.6) is 0 Å². The molecular weight excluding hydrogens is 1280 g/mol. The van der Waals surface area contributed by atoms with Crippen molar-refractivity contribution < 1.29 is 9.13 Å². The number of anilines is 12. The molecule has 16 aromatic rings. The first-order valence-corrected chi connectivity index (χ1v) is 37.9. The van der Waals surface area contributed by atoms with E-state index in [-0.39, 0.29) is 0 Å². The quantitative estimate of drug-likeness (QED) is 0.101. The Morgan fingerprint density at radius 3 is 0.775 bits per heavy atom. The third kappa shape index (κ3) is 10.5. The van der Waals surface area contributed by atoms with Gasteiger partial charge in [-0.3, -0.25) is 0 Å². The monoisotopic (exact) mass is 1340 g/mol. The van der Waals surface area contributed by atoms with E-state index in [1.165, 1.54) is 0 Å². The molecule has 0 aliphatic carbocycles. The van der Waals surface area contributed by atoms with Crippen LogP contribution >= 0.6 is 14.3 Å². The molecule has 0 saturated heterocycles. The van der Waals surface area contributed by atoms with Gasteiger partial charge < -0.3 is 28.7 Å². The molecule has 0 radical (unpaired) electrons. The van der Waals surface area contributed by atoms with Crippen LogP contribution in [0, 0.1) is 0 Å². The largest absolute Gasteiger partial charge is 0.309 e. The van der Waals surface area contributed by atoms with Crippen molar-refractivity contribution in [3.05, 3.63) is 400 Å². The van der Waals surface area contributed by atoms with Crippen molar-refractivity contribution in [2.45, 2.75) is 0 Å². The summed E-state index contributed by atoms with van der Waals surface area (Å²) in [6.45, 7) is 0. The lowest BCUT2D eigenvalue weighted by molar-refractivity contribution is 0.591. The smallest absolute Gasteiger partial charge is 0.171 e. The molecule has 8 heteroatoms. The molecule has 0 N–H and O–H groups in total. The van der Waals surface area contributed by atoms with Gasteiger partial charge in [-0.1, -0.05) is 285 Å². The first-order valence-electron chi connectivity index (χ1n) is 34.5. The fraction of sp³-hybridized carbons (Fsp3) is 0. The third-order valence-corrected chi connectivity index (χ3v) is 26.1. The molecule has 0 amide bonds. The topological polar surface area (TPSA) is 47.1 Å². The fourth-order valence-electron chi connectivity index (χ4n) is 15.4. The Kier molecular flexibility index (Phi) is 15.7. The van der Waals surface area contributed by atoms with Crippen LogP contribution in [0.1, 0.15) is 0 Å². The number of benzene rings is 16. The summed E-state index contributed by atoms with van der Waals surface area (Å²) in [6.07, 6.45) is 0. The van der Waals surface area contributed by atoms with Crippen molar-refractivity contribution in [3.8, 4) is 44.5 Å². The Hall–Kier alpha value is -12.6. The van der Waals surface area contributed by atoms with E-state index in [9.17, 15) is 0 Å². The summed E-state index contributed by atoms with van der Waals surface area (Å²) in [5, 5.41) is 6.60. The SMILES string of the molecule is O=P(c1ccccc1)(c1ccccc1)c1ccc(-c2cc3cc(-c4ccccc4N4c5ccccc5N(c5ccccc5)c5ccccc54)c(-c4cccc(P(=O)(c5ccccc5)c5ccccc5)c4)cc3cc2-c2ccccc2N2c3ccccc3N(c3ccccc3)c3ccccc32)cc1. The maximum Gasteiger partial charge on any atom is 0.171 e. The maximum absolute atomic E-state index is 16.6. The Bertz CT molecular complexity index is 5740. The van der Waals surface area contributed by atoms with Crippen LogP contribution in [0.15, 0.2) is 400 Å². The molecule has 0 unspecified atom stereocenters. The van der Waals surface area contributed by atoms with Crippen LogP contribution in [0.4, 0.5) is 68.2 Å². The van der Waals surface area contributed by atoms with Crippen LogP contribution in [-0.4, -0.2) is 0 Å². The van der Waals surface area contributed by atoms with Gasteiger partial charge in [-0.25, -0.2) is 0 Å². The minimum Gasteiger partial charge on any atom is -0.309 e. The highest BCUT2D eigenvalue weighted by molar-refractivity contribution is 7.85. The van der Waals surface area contributed by atoms with Crippen LogP contribution in [0.3, 0.4) is 0 Å². The lowest BCUT2D eigenvalue weighted by atomic mass is 9.86. The van der Waals surface area contributed by atoms with Gasteiger partial charge in [0.25, 0.3) is 0 Å². The second-order valence-corrected chi connectivity index (χ2v) is 31.3. The summed E-state index contributed by atoms with van der Waals surface area (Å²) >= 11 is 0. The van der Waals surface area contributed by atoms with E-state index in [1.807, 2.05) is 127 Å². The van der Waals surface area contributed by atoms with E-state index in [4.69, 9.17) is 0 Å². The van der Waals surface area contributed by atoms with Crippen molar-refractivity contribution in [1.82, 2.24) is 0 Å². The summed E-state index contributed by atoms with van der Waals surface area (Å²) in [6, 6.07) is 140. The average Bonchev–Trinajstić information content (AvgIpc) is 0.731. The first kappa shape index (κ1) is 61.7. The lowest BCUT2D eigenvalue weighted by Gasteiger charge is -2.41. The molecule has 0 bridgehead atoms. The van der Waals surface area contributed by atoms with Gasteiger partial charge in [0, 0.05) is 54.3 Å². The molecule has 6 nitrogen and oxygen atoms in total. The second kappa shape index (κ2) is 25.9. The lowest BCUT2D eigenvalue weighted by Crippen LogP contribution is -2.25. The minimum absolute atomic E-state index is 0.738. The van der Waals surface area contributed by atoms with Crippen LogP contribution in [0.2, 0.25) is 0 Å². The molecule has 102 heavy (non-hydrogen) atoms. The predicted molar refractivity (Wildman–Crippen MR) is 430 cm³/mol. The van der Waals surface area contributed by atoms with Crippen molar-refractivity contribution in [2.24, 2.45) is 0 Å². The van der Waals surface area contributed by atoms with Gasteiger partial charge in [0.05, 0.1) is 56.9 Å². The molecule has 0 aromatic heterocycles. The van der Waals surface area contributed by atoms with Gasteiger partial charge >= 0.3 is 0 Å². The van der Waals surface area contributed by atoms with E-state index < -0.39 is 14.3 Å². The summed E-state index contributed by atoms with van der Waals surface area (Å²) in [5.74, 6) is 0. The summed E-state index contributed by atoms with van der Waals surface area (Å²) in [5.41, 5.74) is 20.4. The summed E-state index contributed by atoms with van der Waals surface area (Å²) < 4.78 is 32.7. The molecule has 16 aromatic carbocycles. The van der Waals surface area contributed by atoms with Gasteiger partial charge in [-0.15, -0.1) is 0 Å². The number of hydrogen-bond acceptors (Lipinski definition) is 6. The third-order valence-electron chi connectivity index (χ3n) is 20.0. The van der Waals surface area contributed by atoms with E-state index >= 15 is 9.13 Å². The van der Waals surface area contributed by atoms with E-state index in [2.05, 4.69) is 293 Å². The Morgan fingerprint density at radius 1 is 0.167 bits per heavy atom. The molecule has 18 rings (SSSR count). The first-order chi connectivity index (χ1) is 50.4. The van der Waals surface area contributed by atoms with Crippen LogP contribution < -0.4 is 51.4 Å². The molecule has 0 saturated carbocycles. The number of fused-ring (bicyclic) bond motifs is 5. The van der Waals surface area contributed by atoms with Gasteiger partial charge in [0.2, 0.25) is 0 Å². The van der Waals surface area contributed by atoms with Crippen molar-refractivity contribution in [1.29, 1.82) is 0 Å². The van der Waals surface area contributed by atoms with Crippen molar-refractivity contribution >= 4 is 125 Å². The van der Waals surface area contributed by atoms with E-state index in [1.54, 1.807) is 0 Å². The van der Waals surface area contributed by atoms with Crippen LogP contribution in [-0.2, 0) is 9.13 Å². The molecule has 0 fully saturated rings. The molecule has 0 atom stereocenters. The summed E-state index contributed by atoms with van der Waals surface area (Å²) in [7, 11) is -6.81. The number of nitrogens with zero attached hydrogens (tertiary/aromatic N) is 4. The van der Waals surface area contributed by atoms with Crippen molar-refractivity contribution in [2.75, 3.05) is 19.6 Å². The van der Waals surface area contributed by atoms with E-state index in [0.717, 1.165) is 155 Å². The van der Waals surface area contributed by atoms with Gasteiger partial charge in [0.15, 0.2) is 14.3 Å². The Morgan fingerprint density at radius 2 is 0.422 bits per heavy atom. The van der Waals surface area contributed by atoms with Gasteiger partial charge in [0.1, 0.15) is 0 Å². The van der Waals surface area contributed by atoms with E-state index in [0.29, 0.717) is 0 Å². The Labute approximate surface area is 595 Å². The molecule has 2 aliphatic heterocycles. The fourth-order valence-corrected chi connectivity index (χ4v) is 20.7. The number of para-hydroxylation sites is 12. The zero-order valence-corrected chi connectivity index (χ0v) is 57.4. The minimum atomic E-state index is -3.46. The molecule has 2 aliphatic rings. The summed E-state index contributed by atoms with van der Waals surface area (Å²) in [4.78, 5) is 9.58. The zero-order chi connectivity index (χ0) is 68.1. The average molecular weight is 1350 g/mol. The van der Waals surface area contributed by atoms with Gasteiger partial charge in [-0.05, 0) is 159 Å². The molecule has 2 heterocycles. The number of hydrogen-bond donors (Lipinski definition) is 0. The number of rotatable bonds is 14. The molecular formula is C94H66N4O2P2. The molecule has 484 valence electrons. The highest BCUT2D eigenvalue weighted by atomic mass is 31.2. The van der Waals surface area contributed by atoms with Crippen molar-refractivity contribution in [3.63, 3.8) is 0 Å². The normalized spacial score (nSPS) is 12.5. The van der Waals surface area contributed by atoms with Crippen LogP contribution in [0.25, 0.3) is 55.3 Å².